The fourth-order valence-electron chi connectivity index (χ4n) is 10.7. The molecule has 302 valence electrons. The molecule has 0 saturated heterocycles. The zero-order valence-corrected chi connectivity index (χ0v) is 35.9. The fraction of sp³-hybridized carbons (Fsp3) is 0.259. The van der Waals surface area contributed by atoms with Gasteiger partial charge in [-0.1, -0.05) is 105 Å². The maximum absolute atomic E-state index is 5.66. The third kappa shape index (κ3) is 5.77. The van der Waals surface area contributed by atoms with Crippen molar-refractivity contribution in [1.29, 1.82) is 0 Å². The van der Waals surface area contributed by atoms with Crippen LogP contribution in [0.15, 0.2) is 142 Å². The van der Waals surface area contributed by atoms with E-state index in [0.29, 0.717) is 11.9 Å². The highest BCUT2D eigenvalue weighted by molar-refractivity contribution is 6.16. The van der Waals surface area contributed by atoms with Gasteiger partial charge >= 0.3 is 0 Å². The molecule has 0 bridgehead atoms. The number of aromatic nitrogens is 3. The Morgan fingerprint density at radius 1 is 0.803 bits per heavy atom. The van der Waals surface area contributed by atoms with Crippen LogP contribution in [0.5, 0.6) is 0 Å². The molecule has 1 N–H and O–H groups in total. The summed E-state index contributed by atoms with van der Waals surface area (Å²) in [6.07, 6.45) is 18.9. The monoisotopic (exact) mass is 797 g/mol. The summed E-state index contributed by atoms with van der Waals surface area (Å²) in [6, 6.07) is 30.9. The van der Waals surface area contributed by atoms with Crippen LogP contribution >= 0.6 is 0 Å². The summed E-state index contributed by atoms with van der Waals surface area (Å²) in [4.78, 5) is 23.8. The molecule has 3 aliphatic carbocycles. The highest BCUT2D eigenvalue weighted by Crippen LogP contribution is 2.53. The number of rotatable bonds is 4. The van der Waals surface area contributed by atoms with Gasteiger partial charge in [-0.05, 0) is 134 Å². The summed E-state index contributed by atoms with van der Waals surface area (Å²) in [6.45, 7) is 13.2. The Labute approximate surface area is 357 Å². The number of hydrogen-bond donors (Lipinski definition) is 1. The molecule has 4 heterocycles. The Morgan fingerprint density at radius 2 is 1.61 bits per heavy atom. The van der Waals surface area contributed by atoms with E-state index in [-0.39, 0.29) is 11.5 Å². The number of aliphatic imine (C=N–C) groups is 2. The van der Waals surface area contributed by atoms with E-state index in [1.807, 2.05) is 13.1 Å². The highest BCUT2D eigenvalue weighted by atomic mass is 15.3. The Hall–Kier alpha value is -6.60. The normalized spacial score (nSPS) is 20.4. The van der Waals surface area contributed by atoms with Crippen LogP contribution in [0.2, 0.25) is 0 Å². The van der Waals surface area contributed by atoms with E-state index in [0.717, 1.165) is 76.8 Å². The van der Waals surface area contributed by atoms with Crippen LogP contribution < -0.4 is 20.7 Å². The van der Waals surface area contributed by atoms with Crippen molar-refractivity contribution in [3.05, 3.63) is 165 Å². The Kier molecular flexibility index (Phi) is 8.74. The second-order valence-electron chi connectivity index (χ2n) is 17.7. The number of allylic oxidation sites excluding steroid dienone is 5. The van der Waals surface area contributed by atoms with Crippen LogP contribution in [-0.2, 0) is 5.41 Å². The molecule has 7 heteroatoms. The zero-order chi connectivity index (χ0) is 41.6. The van der Waals surface area contributed by atoms with E-state index in [4.69, 9.17) is 20.0 Å². The lowest BCUT2D eigenvalue weighted by atomic mass is 9.73. The molecular weight excluding hydrogens is 747 g/mol. The SMILES string of the molecule is CC=Nc1c(C)nc(N2c3ccccc3C(C)(C)c3cc4c5ccccc5n(C5=NC(C6=C7C=CCCC7CC=C6)C(C)=C(C)N5)c4cc32)nc1C1=c2ccccc2=CCC1. The third-order valence-corrected chi connectivity index (χ3v) is 13.9. The fourth-order valence-corrected chi connectivity index (χ4v) is 10.7. The molecule has 6 aromatic rings. The van der Waals surface area contributed by atoms with E-state index in [2.05, 4.69) is 165 Å². The van der Waals surface area contributed by atoms with Gasteiger partial charge in [0.1, 0.15) is 11.7 Å². The first-order chi connectivity index (χ1) is 29.7. The molecule has 61 heavy (non-hydrogen) atoms. The van der Waals surface area contributed by atoms with Gasteiger partial charge in [-0.15, -0.1) is 0 Å². The first kappa shape index (κ1) is 37.4. The molecule has 2 atom stereocenters. The van der Waals surface area contributed by atoms with Crippen molar-refractivity contribution in [2.24, 2.45) is 15.9 Å². The van der Waals surface area contributed by atoms with Crippen LogP contribution in [-0.4, -0.2) is 32.8 Å². The molecule has 5 aliphatic rings. The Morgan fingerprint density at radius 3 is 2.49 bits per heavy atom. The van der Waals surface area contributed by atoms with Crippen LogP contribution in [0.3, 0.4) is 0 Å². The van der Waals surface area contributed by atoms with E-state index >= 15 is 0 Å². The maximum atomic E-state index is 5.66. The summed E-state index contributed by atoms with van der Waals surface area (Å²) in [5.41, 5.74) is 15.4. The molecular formula is C54H51N7. The lowest BCUT2D eigenvalue weighted by Crippen LogP contribution is -2.37. The average molecular weight is 798 g/mol. The van der Waals surface area contributed by atoms with E-state index in [9.17, 15) is 0 Å². The van der Waals surface area contributed by atoms with Gasteiger partial charge in [0.15, 0.2) is 0 Å². The molecule has 0 fully saturated rings. The minimum Gasteiger partial charge on any atom is -0.330 e. The molecule has 0 radical (unpaired) electrons. The smallest absolute Gasteiger partial charge is 0.235 e. The van der Waals surface area contributed by atoms with Gasteiger partial charge in [0, 0.05) is 28.1 Å². The minimum absolute atomic E-state index is 0.0803. The number of nitrogens with one attached hydrogen (secondary N) is 1. The Bertz CT molecular complexity index is 3180. The molecule has 0 amide bonds. The molecule has 0 saturated carbocycles. The second-order valence-corrected chi connectivity index (χ2v) is 17.7. The van der Waals surface area contributed by atoms with Crippen LogP contribution in [0, 0.1) is 12.8 Å². The van der Waals surface area contributed by atoms with Crippen LogP contribution in [0.1, 0.15) is 89.2 Å². The number of hydrogen-bond acceptors (Lipinski definition) is 6. The first-order valence-electron chi connectivity index (χ1n) is 22.0. The number of fused-ring (bicyclic) bond motifs is 7. The van der Waals surface area contributed by atoms with Gasteiger partial charge in [0.2, 0.25) is 11.9 Å². The minimum atomic E-state index is -0.315. The van der Waals surface area contributed by atoms with Crippen LogP contribution in [0.25, 0.3) is 33.5 Å². The topological polar surface area (TPSA) is 70.7 Å². The van der Waals surface area contributed by atoms with Gasteiger partial charge in [0.25, 0.3) is 0 Å². The second kappa shape index (κ2) is 14.3. The highest BCUT2D eigenvalue weighted by Gasteiger charge is 2.40. The van der Waals surface area contributed by atoms with E-state index in [1.165, 1.54) is 61.0 Å². The van der Waals surface area contributed by atoms with Crippen LogP contribution in [0.4, 0.5) is 23.0 Å². The Balaban J connectivity index is 1.18. The quantitative estimate of drug-likeness (QED) is 0.180. The molecule has 0 spiro atoms. The predicted octanol–water partition coefficient (Wildman–Crippen LogP) is 11.2. The number of anilines is 3. The molecule has 2 aromatic heterocycles. The predicted molar refractivity (Wildman–Crippen MR) is 253 cm³/mol. The van der Waals surface area contributed by atoms with Gasteiger partial charge in [-0.2, -0.15) is 0 Å². The van der Waals surface area contributed by atoms with Gasteiger partial charge < -0.3 is 5.32 Å². The molecule has 2 unspecified atom stereocenters. The lowest BCUT2D eigenvalue weighted by molar-refractivity contribution is 0.555. The molecule has 7 nitrogen and oxygen atoms in total. The van der Waals surface area contributed by atoms with Gasteiger partial charge in [-0.25, -0.2) is 15.0 Å². The number of para-hydroxylation sites is 2. The average Bonchev–Trinajstić information content (AvgIpc) is 3.60. The van der Waals surface area contributed by atoms with Crippen molar-refractivity contribution < 1.29 is 0 Å². The van der Waals surface area contributed by atoms with Crippen molar-refractivity contribution in [3.8, 4) is 0 Å². The van der Waals surface area contributed by atoms with Crippen molar-refractivity contribution >= 4 is 68.6 Å². The molecule has 2 aliphatic heterocycles. The number of benzene rings is 4. The lowest BCUT2D eigenvalue weighted by Gasteiger charge is -2.41. The number of aryl methyl sites for hydroxylation is 1. The summed E-state index contributed by atoms with van der Waals surface area (Å²) in [5.74, 6) is 2.04. The summed E-state index contributed by atoms with van der Waals surface area (Å²) in [5, 5.41) is 8.64. The summed E-state index contributed by atoms with van der Waals surface area (Å²) < 4.78 is 2.35. The standard InChI is InChI=1S/C54H51N7/c1-7-55-50-34(4)57-53(59-51(50)41-26-17-21-36-19-9-11-23-38(36)41)61-46-29-15-13-27-43(46)54(5,6)44-30-42-39-24-12-14-28-45(39)60(47(42)31-48(44)61)52-56-33(3)32(2)49(58-52)40-25-16-20-35-18-8-10-22-37(35)40/h7,9-16,19,21-25,27-31,35,49H,8,17-18,20,26H2,1-6H3,(H,56,58). The van der Waals surface area contributed by atoms with Gasteiger partial charge in [0.05, 0.1) is 33.8 Å². The maximum Gasteiger partial charge on any atom is 0.235 e. The van der Waals surface area contributed by atoms with Crippen molar-refractivity contribution in [1.82, 2.24) is 19.9 Å². The van der Waals surface area contributed by atoms with Crippen molar-refractivity contribution in [3.63, 3.8) is 0 Å². The third-order valence-electron chi connectivity index (χ3n) is 13.9. The van der Waals surface area contributed by atoms with Gasteiger partial charge in [-0.3, -0.25) is 14.5 Å². The van der Waals surface area contributed by atoms with E-state index < -0.39 is 0 Å². The largest absolute Gasteiger partial charge is 0.330 e. The molecule has 4 aromatic carbocycles. The zero-order valence-electron chi connectivity index (χ0n) is 35.9. The first-order valence-corrected chi connectivity index (χ1v) is 22.0. The summed E-state index contributed by atoms with van der Waals surface area (Å²) in [7, 11) is 0. The molecule has 11 rings (SSSR count). The number of nitrogens with zero attached hydrogens (tertiary/aromatic N) is 6. The van der Waals surface area contributed by atoms with E-state index in [1.54, 1.807) is 0 Å². The summed E-state index contributed by atoms with van der Waals surface area (Å²) >= 11 is 0. The van der Waals surface area contributed by atoms with Crippen molar-refractivity contribution in [2.75, 3.05) is 4.90 Å². The van der Waals surface area contributed by atoms with Crippen molar-refractivity contribution in [2.45, 2.75) is 85.1 Å².